The van der Waals surface area contributed by atoms with Gasteiger partial charge in [0.25, 0.3) is 0 Å². The summed E-state index contributed by atoms with van der Waals surface area (Å²) in [6.07, 6.45) is 3.56. The van der Waals surface area contributed by atoms with Crippen LogP contribution in [0.15, 0.2) is 0 Å². The molecule has 1 aliphatic carbocycles. The summed E-state index contributed by atoms with van der Waals surface area (Å²) in [6, 6.07) is 0.0472. The first-order valence-corrected chi connectivity index (χ1v) is 9.66. The lowest BCUT2D eigenvalue weighted by Crippen LogP contribution is -2.56. The monoisotopic (exact) mass is 293 g/mol. The third-order valence-electron chi connectivity index (χ3n) is 4.06. The van der Waals surface area contributed by atoms with Gasteiger partial charge >= 0.3 is 0 Å². The molecule has 0 radical (unpaired) electrons. The second kappa shape index (κ2) is 6.11. The fraction of sp³-hybridized carbons (Fsp3) is 1.00. The van der Waals surface area contributed by atoms with Crippen LogP contribution >= 0.6 is 11.8 Å². The van der Waals surface area contributed by atoms with Gasteiger partial charge in [0, 0.05) is 29.8 Å². The van der Waals surface area contributed by atoms with E-state index in [9.17, 15) is 13.5 Å². The Hall–Kier alpha value is 0.220. The summed E-state index contributed by atoms with van der Waals surface area (Å²) in [7, 11) is -3.05. The highest BCUT2D eigenvalue weighted by atomic mass is 32.2. The maximum atomic E-state index is 12.2. The van der Waals surface area contributed by atoms with Crippen molar-refractivity contribution in [3.8, 4) is 0 Å². The minimum atomic E-state index is -3.05. The highest BCUT2D eigenvalue weighted by Crippen LogP contribution is 2.30. The first-order valence-electron chi connectivity index (χ1n) is 6.79. The van der Waals surface area contributed by atoms with Crippen molar-refractivity contribution < 1.29 is 13.5 Å². The van der Waals surface area contributed by atoms with Crippen LogP contribution in [-0.2, 0) is 9.84 Å². The molecule has 6 heteroatoms. The number of thioether (sulfide) groups is 1. The van der Waals surface area contributed by atoms with Crippen molar-refractivity contribution in [2.24, 2.45) is 0 Å². The van der Waals surface area contributed by atoms with Gasteiger partial charge < -0.3 is 5.11 Å². The number of sulfone groups is 1. The van der Waals surface area contributed by atoms with E-state index in [1.54, 1.807) is 18.7 Å². The predicted molar refractivity (Wildman–Crippen MR) is 75.5 cm³/mol. The molecule has 1 aliphatic heterocycles. The predicted octanol–water partition coefficient (Wildman–Crippen LogP) is 1.10. The number of rotatable bonds is 3. The summed E-state index contributed by atoms with van der Waals surface area (Å²) >= 11 is 1.71. The first-order chi connectivity index (χ1) is 8.56. The van der Waals surface area contributed by atoms with Gasteiger partial charge in [-0.1, -0.05) is 19.8 Å². The molecular weight excluding hydrogens is 270 g/mol. The molecule has 1 heterocycles. The highest BCUT2D eigenvalue weighted by molar-refractivity contribution is 8.01. The molecule has 0 aromatic rings. The van der Waals surface area contributed by atoms with Gasteiger partial charge in [0.2, 0.25) is 0 Å². The van der Waals surface area contributed by atoms with E-state index in [0.717, 1.165) is 38.0 Å². The van der Waals surface area contributed by atoms with Gasteiger partial charge in [-0.2, -0.15) is 11.8 Å². The number of aliphatic hydroxyl groups excluding tert-OH is 1. The Morgan fingerprint density at radius 2 is 2.06 bits per heavy atom. The van der Waals surface area contributed by atoms with Crippen LogP contribution in [0, 0.1) is 0 Å². The summed E-state index contributed by atoms with van der Waals surface area (Å²) < 4.78 is 24.4. The minimum Gasteiger partial charge on any atom is -0.391 e. The van der Waals surface area contributed by atoms with Gasteiger partial charge in [0.1, 0.15) is 5.37 Å². The van der Waals surface area contributed by atoms with Crippen molar-refractivity contribution >= 4 is 21.6 Å². The van der Waals surface area contributed by atoms with E-state index in [1.807, 2.05) is 0 Å². The van der Waals surface area contributed by atoms with Crippen LogP contribution in [0.3, 0.4) is 0 Å². The zero-order chi connectivity index (χ0) is 13.2. The topological polar surface area (TPSA) is 57.6 Å². The SMILES string of the molecule is CCS(=O)(=O)C1CSCCN1C1CCCCC1O. The molecule has 4 nitrogen and oxygen atoms in total. The lowest BCUT2D eigenvalue weighted by molar-refractivity contribution is 0.0177. The highest BCUT2D eigenvalue weighted by Gasteiger charge is 2.39. The van der Waals surface area contributed by atoms with Crippen LogP contribution in [0.5, 0.6) is 0 Å². The molecule has 0 aromatic heterocycles. The normalized spacial score (nSPS) is 35.6. The van der Waals surface area contributed by atoms with Crippen molar-refractivity contribution in [2.75, 3.05) is 23.8 Å². The molecule has 2 rings (SSSR count). The van der Waals surface area contributed by atoms with E-state index in [0.29, 0.717) is 5.75 Å². The van der Waals surface area contributed by atoms with E-state index in [2.05, 4.69) is 4.90 Å². The molecule has 0 bridgehead atoms. The fourth-order valence-electron chi connectivity index (χ4n) is 2.95. The van der Waals surface area contributed by atoms with Gasteiger partial charge in [-0.15, -0.1) is 0 Å². The van der Waals surface area contributed by atoms with Crippen molar-refractivity contribution in [1.29, 1.82) is 0 Å². The van der Waals surface area contributed by atoms with Gasteiger partial charge in [-0.25, -0.2) is 8.42 Å². The minimum absolute atomic E-state index is 0.0472. The van der Waals surface area contributed by atoms with Gasteiger partial charge in [0.05, 0.1) is 6.10 Å². The largest absolute Gasteiger partial charge is 0.391 e. The summed E-state index contributed by atoms with van der Waals surface area (Å²) in [6.45, 7) is 2.50. The van der Waals surface area contributed by atoms with Crippen LogP contribution in [0.4, 0.5) is 0 Å². The van der Waals surface area contributed by atoms with Crippen molar-refractivity contribution in [2.45, 2.75) is 50.1 Å². The molecule has 0 amide bonds. The van der Waals surface area contributed by atoms with E-state index < -0.39 is 9.84 Å². The molecule has 2 aliphatic rings. The zero-order valence-electron chi connectivity index (χ0n) is 10.9. The second-order valence-corrected chi connectivity index (χ2v) is 8.74. The summed E-state index contributed by atoms with van der Waals surface area (Å²) in [5, 5.41) is 9.74. The van der Waals surface area contributed by atoms with Gasteiger partial charge in [-0.3, -0.25) is 4.90 Å². The van der Waals surface area contributed by atoms with Crippen molar-refractivity contribution in [1.82, 2.24) is 4.90 Å². The zero-order valence-corrected chi connectivity index (χ0v) is 12.5. The van der Waals surface area contributed by atoms with E-state index >= 15 is 0 Å². The number of aliphatic hydroxyl groups is 1. The maximum Gasteiger partial charge on any atom is 0.166 e. The Balaban J connectivity index is 2.17. The average Bonchev–Trinajstić information content (AvgIpc) is 2.39. The summed E-state index contributed by atoms with van der Waals surface area (Å²) in [5.41, 5.74) is 0. The Kier molecular flexibility index (Phi) is 4.97. The van der Waals surface area contributed by atoms with Crippen LogP contribution in [0.25, 0.3) is 0 Å². The van der Waals surface area contributed by atoms with Gasteiger partial charge in [-0.05, 0) is 12.8 Å². The summed E-state index contributed by atoms with van der Waals surface area (Å²) in [4.78, 5) is 2.07. The Labute approximate surface area is 114 Å². The third kappa shape index (κ3) is 3.03. The number of hydrogen-bond acceptors (Lipinski definition) is 5. The second-order valence-electron chi connectivity index (χ2n) is 5.14. The van der Waals surface area contributed by atoms with E-state index in [4.69, 9.17) is 0 Å². The fourth-order valence-corrected chi connectivity index (χ4v) is 6.03. The molecular formula is C12H23NO3S2. The average molecular weight is 293 g/mol. The standard InChI is InChI=1S/C12H23NO3S2/c1-2-18(15,16)12-9-17-8-7-13(12)10-5-3-4-6-11(10)14/h10-12,14H,2-9H2,1H3. The molecule has 1 N–H and O–H groups in total. The Morgan fingerprint density at radius 3 is 2.72 bits per heavy atom. The number of nitrogens with zero attached hydrogens (tertiary/aromatic N) is 1. The molecule has 1 saturated heterocycles. The summed E-state index contributed by atoms with van der Waals surface area (Å²) in [5.74, 6) is 1.82. The van der Waals surface area contributed by atoms with Crippen molar-refractivity contribution in [3.05, 3.63) is 0 Å². The quantitative estimate of drug-likeness (QED) is 0.844. The molecule has 0 aromatic carbocycles. The van der Waals surface area contributed by atoms with E-state index in [1.165, 1.54) is 0 Å². The lowest BCUT2D eigenvalue weighted by atomic mass is 9.91. The van der Waals surface area contributed by atoms with Crippen LogP contribution in [0.1, 0.15) is 32.6 Å². The molecule has 2 fully saturated rings. The Morgan fingerprint density at radius 1 is 1.33 bits per heavy atom. The molecule has 3 atom stereocenters. The maximum absolute atomic E-state index is 12.2. The smallest absolute Gasteiger partial charge is 0.166 e. The number of hydrogen-bond donors (Lipinski definition) is 1. The van der Waals surface area contributed by atoms with Gasteiger partial charge in [0.15, 0.2) is 9.84 Å². The lowest BCUT2D eigenvalue weighted by Gasteiger charge is -2.43. The third-order valence-corrected chi connectivity index (χ3v) is 7.37. The molecule has 18 heavy (non-hydrogen) atoms. The van der Waals surface area contributed by atoms with Crippen molar-refractivity contribution in [3.63, 3.8) is 0 Å². The molecule has 106 valence electrons. The van der Waals surface area contributed by atoms with Crippen LogP contribution in [0.2, 0.25) is 0 Å². The first kappa shape index (κ1) is 14.6. The van der Waals surface area contributed by atoms with Crippen LogP contribution in [-0.4, -0.2) is 59.7 Å². The molecule has 1 saturated carbocycles. The molecule has 0 spiro atoms. The molecule has 3 unspecified atom stereocenters. The van der Waals surface area contributed by atoms with E-state index in [-0.39, 0.29) is 23.3 Å². The Bertz CT molecular complexity index is 372. The van der Waals surface area contributed by atoms with Crippen LogP contribution < -0.4 is 0 Å².